The molecule has 0 saturated heterocycles. The van der Waals surface area contributed by atoms with Crippen LogP contribution in [-0.2, 0) is 0 Å². The summed E-state index contributed by atoms with van der Waals surface area (Å²) in [4.78, 5) is 0. The predicted octanol–water partition coefficient (Wildman–Crippen LogP) is 1.96. The van der Waals surface area contributed by atoms with Crippen LogP contribution in [0.3, 0.4) is 0 Å². The Labute approximate surface area is 79.9 Å². The molecule has 72 valence electrons. The highest BCUT2D eigenvalue weighted by Crippen LogP contribution is 2.56. The van der Waals surface area contributed by atoms with Crippen LogP contribution >= 0.6 is 0 Å². The fourth-order valence-electron chi connectivity index (χ4n) is 2.49. The molecular formula is C11H18N2. The molecule has 2 heteroatoms. The summed E-state index contributed by atoms with van der Waals surface area (Å²) in [5.74, 6) is 6.74. The minimum Gasteiger partial charge on any atom is -0.328 e. The highest BCUT2D eigenvalue weighted by Gasteiger charge is 2.48. The average molecular weight is 178 g/mol. The van der Waals surface area contributed by atoms with Crippen LogP contribution in [0.1, 0.15) is 26.7 Å². The number of rotatable bonds is 2. The molecule has 1 saturated carbocycles. The van der Waals surface area contributed by atoms with E-state index in [4.69, 9.17) is 5.84 Å². The molecule has 2 nitrogen and oxygen atoms in total. The first-order valence-electron chi connectivity index (χ1n) is 5.02. The molecule has 0 aromatic rings. The van der Waals surface area contributed by atoms with Gasteiger partial charge in [-0.1, -0.05) is 26.0 Å². The fourth-order valence-corrected chi connectivity index (χ4v) is 2.49. The lowest BCUT2D eigenvalue weighted by atomic mass is 9.76. The normalized spacial score (nSPS) is 35.5. The zero-order chi connectivity index (χ0) is 9.47. The summed E-state index contributed by atoms with van der Waals surface area (Å²) < 4.78 is 0. The van der Waals surface area contributed by atoms with Crippen LogP contribution in [0.2, 0.25) is 0 Å². The Kier molecular flexibility index (Phi) is 1.95. The van der Waals surface area contributed by atoms with Crippen LogP contribution < -0.4 is 11.3 Å². The van der Waals surface area contributed by atoms with Gasteiger partial charge in [0.1, 0.15) is 0 Å². The maximum absolute atomic E-state index is 5.53. The lowest BCUT2D eigenvalue weighted by Gasteiger charge is -2.32. The molecule has 0 amide bonds. The Morgan fingerprint density at radius 1 is 1.54 bits per heavy atom. The van der Waals surface area contributed by atoms with Gasteiger partial charge in [-0.15, -0.1) is 0 Å². The van der Waals surface area contributed by atoms with E-state index in [-0.39, 0.29) is 0 Å². The number of hydrogen-bond donors (Lipinski definition) is 2. The standard InChI is InChI=1S/C11H18N2/c1-8-4-3-5-9(13-12)10(8)11(2)6-7-11/h3-5,8,10,13H,6-7,12H2,1-2H3/t8-,10-/m1/s1. The smallest absolute Gasteiger partial charge is 0.0301 e. The van der Waals surface area contributed by atoms with E-state index in [0.717, 1.165) is 0 Å². The second-order valence-electron chi connectivity index (χ2n) is 4.64. The second-order valence-corrected chi connectivity index (χ2v) is 4.64. The van der Waals surface area contributed by atoms with E-state index >= 15 is 0 Å². The van der Waals surface area contributed by atoms with Crippen LogP contribution in [-0.4, -0.2) is 0 Å². The summed E-state index contributed by atoms with van der Waals surface area (Å²) in [5, 5.41) is 0. The Morgan fingerprint density at radius 3 is 2.77 bits per heavy atom. The van der Waals surface area contributed by atoms with Gasteiger partial charge in [0, 0.05) is 11.6 Å². The first-order valence-corrected chi connectivity index (χ1v) is 5.02. The van der Waals surface area contributed by atoms with Crippen LogP contribution in [0.4, 0.5) is 0 Å². The van der Waals surface area contributed by atoms with Crippen molar-refractivity contribution in [1.82, 2.24) is 5.43 Å². The van der Waals surface area contributed by atoms with Crippen molar-refractivity contribution in [3.63, 3.8) is 0 Å². The molecule has 0 unspecified atom stereocenters. The Bertz CT molecular complexity index is 261. The number of hydrogen-bond acceptors (Lipinski definition) is 2. The van der Waals surface area contributed by atoms with Crippen LogP contribution in [0, 0.1) is 17.3 Å². The quantitative estimate of drug-likeness (QED) is 0.501. The lowest BCUT2D eigenvalue weighted by Crippen LogP contribution is -2.34. The van der Waals surface area contributed by atoms with Crippen molar-refractivity contribution in [3.8, 4) is 0 Å². The molecule has 0 aromatic carbocycles. The molecule has 0 heterocycles. The average Bonchev–Trinajstić information content (AvgIpc) is 2.84. The first-order chi connectivity index (χ1) is 6.17. The Balaban J connectivity index is 2.23. The van der Waals surface area contributed by atoms with E-state index in [1.807, 2.05) is 0 Å². The molecule has 3 N–H and O–H groups in total. The van der Waals surface area contributed by atoms with E-state index in [9.17, 15) is 0 Å². The van der Waals surface area contributed by atoms with Gasteiger partial charge < -0.3 is 5.43 Å². The van der Waals surface area contributed by atoms with Gasteiger partial charge in [0.2, 0.25) is 0 Å². The van der Waals surface area contributed by atoms with E-state index in [1.54, 1.807) is 0 Å². The van der Waals surface area contributed by atoms with E-state index in [2.05, 4.69) is 37.5 Å². The highest BCUT2D eigenvalue weighted by molar-refractivity contribution is 5.25. The van der Waals surface area contributed by atoms with Crippen molar-refractivity contribution in [2.75, 3.05) is 0 Å². The van der Waals surface area contributed by atoms with Gasteiger partial charge in [-0.3, -0.25) is 5.84 Å². The highest BCUT2D eigenvalue weighted by atomic mass is 15.2. The number of hydrazine groups is 1. The third-order valence-electron chi connectivity index (χ3n) is 3.51. The summed E-state index contributed by atoms with van der Waals surface area (Å²) in [6.07, 6.45) is 9.16. The van der Waals surface area contributed by atoms with Crippen LogP contribution in [0.5, 0.6) is 0 Å². The summed E-state index contributed by atoms with van der Waals surface area (Å²) in [6.45, 7) is 4.63. The Hall–Kier alpha value is -0.760. The van der Waals surface area contributed by atoms with Gasteiger partial charge in [0.15, 0.2) is 0 Å². The van der Waals surface area contributed by atoms with Crippen LogP contribution in [0.15, 0.2) is 23.9 Å². The van der Waals surface area contributed by atoms with Crippen molar-refractivity contribution in [1.29, 1.82) is 0 Å². The van der Waals surface area contributed by atoms with Crippen LogP contribution in [0.25, 0.3) is 0 Å². The molecule has 0 spiro atoms. The number of nitrogens with two attached hydrogens (primary N) is 1. The van der Waals surface area contributed by atoms with Crippen molar-refractivity contribution >= 4 is 0 Å². The van der Waals surface area contributed by atoms with Crippen molar-refractivity contribution in [2.24, 2.45) is 23.1 Å². The molecular weight excluding hydrogens is 160 g/mol. The summed E-state index contributed by atoms with van der Waals surface area (Å²) >= 11 is 0. The first kappa shape index (κ1) is 8.82. The zero-order valence-electron chi connectivity index (χ0n) is 8.38. The summed E-state index contributed by atoms with van der Waals surface area (Å²) in [5.41, 5.74) is 4.55. The Morgan fingerprint density at radius 2 is 2.23 bits per heavy atom. The maximum atomic E-state index is 5.53. The molecule has 0 bridgehead atoms. The van der Waals surface area contributed by atoms with Gasteiger partial charge in [0.25, 0.3) is 0 Å². The molecule has 2 atom stereocenters. The minimum absolute atomic E-state index is 0.502. The lowest BCUT2D eigenvalue weighted by molar-refractivity contribution is 0.301. The molecule has 0 radical (unpaired) electrons. The molecule has 0 aromatic heterocycles. The summed E-state index contributed by atoms with van der Waals surface area (Å²) in [6, 6.07) is 0. The molecule has 2 aliphatic rings. The van der Waals surface area contributed by atoms with Crippen molar-refractivity contribution in [3.05, 3.63) is 23.9 Å². The van der Waals surface area contributed by atoms with Crippen molar-refractivity contribution in [2.45, 2.75) is 26.7 Å². The monoisotopic (exact) mass is 178 g/mol. The van der Waals surface area contributed by atoms with Gasteiger partial charge in [-0.2, -0.15) is 0 Å². The summed E-state index contributed by atoms with van der Waals surface area (Å²) in [7, 11) is 0. The minimum atomic E-state index is 0.502. The predicted molar refractivity (Wildman–Crippen MR) is 54.5 cm³/mol. The molecule has 2 rings (SSSR count). The van der Waals surface area contributed by atoms with E-state index < -0.39 is 0 Å². The second kappa shape index (κ2) is 2.88. The molecule has 1 fully saturated rings. The number of allylic oxidation sites excluding steroid dienone is 4. The van der Waals surface area contributed by atoms with Gasteiger partial charge in [-0.25, -0.2) is 0 Å². The largest absolute Gasteiger partial charge is 0.328 e. The van der Waals surface area contributed by atoms with E-state index in [0.29, 0.717) is 17.3 Å². The van der Waals surface area contributed by atoms with Gasteiger partial charge in [0.05, 0.1) is 0 Å². The topological polar surface area (TPSA) is 38.0 Å². The third kappa shape index (κ3) is 1.39. The number of nitrogens with one attached hydrogen (secondary N) is 1. The van der Waals surface area contributed by atoms with E-state index in [1.165, 1.54) is 18.5 Å². The SMILES string of the molecule is C[C@@H]1C=CC=C(NN)[C@@H]1C1(C)CC1. The zero-order valence-corrected chi connectivity index (χ0v) is 8.38. The third-order valence-corrected chi connectivity index (χ3v) is 3.51. The molecule has 13 heavy (non-hydrogen) atoms. The molecule has 0 aliphatic heterocycles. The maximum Gasteiger partial charge on any atom is 0.0301 e. The van der Waals surface area contributed by atoms with Gasteiger partial charge in [-0.05, 0) is 30.3 Å². The van der Waals surface area contributed by atoms with Gasteiger partial charge >= 0.3 is 0 Å². The van der Waals surface area contributed by atoms with Crippen molar-refractivity contribution < 1.29 is 0 Å². The fraction of sp³-hybridized carbons (Fsp3) is 0.636. The molecule has 2 aliphatic carbocycles.